The summed E-state index contributed by atoms with van der Waals surface area (Å²) in [5.74, 6) is -0.299. The number of pyridine rings is 1. The van der Waals surface area contributed by atoms with E-state index in [9.17, 15) is 4.39 Å². The van der Waals surface area contributed by atoms with Crippen molar-refractivity contribution in [3.63, 3.8) is 0 Å². The second kappa shape index (κ2) is 3.36. The molecule has 6 heteroatoms. The molecule has 0 bridgehead atoms. The van der Waals surface area contributed by atoms with E-state index in [-0.39, 0.29) is 11.5 Å². The molecular formula is C7H3FIN3O. The Hall–Kier alpha value is -1.05. The molecule has 2 rings (SSSR count). The van der Waals surface area contributed by atoms with Gasteiger partial charge in [0, 0.05) is 28.8 Å². The molecule has 2 heterocycles. The van der Waals surface area contributed by atoms with Gasteiger partial charge in [-0.15, -0.1) is 10.2 Å². The second-order valence-corrected chi connectivity index (χ2v) is 3.14. The molecule has 0 spiro atoms. The minimum Gasteiger partial charge on any atom is -0.412 e. The van der Waals surface area contributed by atoms with Gasteiger partial charge in [0.25, 0.3) is 9.79 Å². The maximum absolute atomic E-state index is 13.1. The fraction of sp³-hybridized carbons (Fsp3) is 0. The molecular weight excluding hydrogens is 288 g/mol. The molecule has 4 nitrogen and oxygen atoms in total. The normalized spacial score (nSPS) is 10.3. The molecule has 0 aliphatic carbocycles. The summed E-state index contributed by atoms with van der Waals surface area (Å²) in [5.41, 5.74) is 0.269. The molecule has 0 saturated carbocycles. The Morgan fingerprint density at radius 1 is 1.38 bits per heavy atom. The second-order valence-electron chi connectivity index (χ2n) is 2.22. The third-order valence-electron chi connectivity index (χ3n) is 1.40. The first-order valence-electron chi connectivity index (χ1n) is 3.36. The van der Waals surface area contributed by atoms with Crippen molar-refractivity contribution in [3.05, 3.63) is 28.2 Å². The van der Waals surface area contributed by atoms with Crippen LogP contribution in [-0.2, 0) is 0 Å². The van der Waals surface area contributed by atoms with Crippen LogP contribution in [0.25, 0.3) is 11.5 Å². The highest BCUT2D eigenvalue weighted by molar-refractivity contribution is 14.1. The Morgan fingerprint density at radius 2 is 2.23 bits per heavy atom. The van der Waals surface area contributed by atoms with Crippen LogP contribution >= 0.6 is 22.6 Å². The largest absolute Gasteiger partial charge is 0.412 e. The van der Waals surface area contributed by atoms with E-state index in [1.807, 2.05) is 22.6 Å². The van der Waals surface area contributed by atoms with Crippen molar-refractivity contribution in [1.29, 1.82) is 0 Å². The highest BCUT2D eigenvalue weighted by Crippen LogP contribution is 2.20. The zero-order chi connectivity index (χ0) is 9.26. The molecule has 0 fully saturated rings. The predicted molar refractivity (Wildman–Crippen MR) is 50.2 cm³/mol. The van der Waals surface area contributed by atoms with Crippen LogP contribution in [0.3, 0.4) is 0 Å². The molecule has 0 aliphatic rings. The maximum Gasteiger partial charge on any atom is 0.278 e. The van der Waals surface area contributed by atoms with E-state index in [1.165, 1.54) is 12.3 Å². The summed E-state index contributed by atoms with van der Waals surface area (Å²) in [7, 11) is 0. The molecule has 2 aromatic rings. The molecule has 0 radical (unpaired) electrons. The third kappa shape index (κ3) is 1.67. The van der Waals surface area contributed by atoms with Crippen LogP contribution in [-0.4, -0.2) is 15.2 Å². The van der Waals surface area contributed by atoms with Gasteiger partial charge in [-0.3, -0.25) is 4.98 Å². The molecule has 2 aromatic heterocycles. The van der Waals surface area contributed by atoms with E-state index in [0.29, 0.717) is 3.90 Å². The van der Waals surface area contributed by atoms with Crippen LogP contribution in [0.5, 0.6) is 0 Å². The zero-order valence-electron chi connectivity index (χ0n) is 6.24. The molecule has 13 heavy (non-hydrogen) atoms. The Kier molecular flexibility index (Phi) is 2.21. The number of aromatic nitrogens is 3. The van der Waals surface area contributed by atoms with Crippen molar-refractivity contribution in [2.75, 3.05) is 0 Å². The fourth-order valence-corrected chi connectivity index (χ4v) is 1.18. The van der Waals surface area contributed by atoms with Gasteiger partial charge < -0.3 is 4.42 Å². The summed E-state index contributed by atoms with van der Waals surface area (Å²) in [6.45, 7) is 0. The lowest BCUT2D eigenvalue weighted by molar-refractivity contribution is 0.529. The van der Waals surface area contributed by atoms with Crippen LogP contribution in [0.1, 0.15) is 0 Å². The zero-order valence-corrected chi connectivity index (χ0v) is 8.40. The van der Waals surface area contributed by atoms with Crippen molar-refractivity contribution >= 4 is 22.6 Å². The Labute approximate surface area is 86.3 Å². The minimum absolute atomic E-state index is 0.171. The van der Waals surface area contributed by atoms with Crippen LogP contribution < -0.4 is 0 Å². The topological polar surface area (TPSA) is 51.8 Å². The van der Waals surface area contributed by atoms with E-state index in [1.54, 1.807) is 0 Å². The highest BCUT2D eigenvalue weighted by Gasteiger charge is 2.10. The van der Waals surface area contributed by atoms with Gasteiger partial charge in [0.1, 0.15) is 0 Å². The quantitative estimate of drug-likeness (QED) is 0.753. The van der Waals surface area contributed by atoms with Gasteiger partial charge in [-0.25, -0.2) is 4.39 Å². The summed E-state index contributed by atoms with van der Waals surface area (Å²) in [6, 6.07) is 1.49. The van der Waals surface area contributed by atoms with Crippen molar-refractivity contribution in [1.82, 2.24) is 15.2 Å². The lowest BCUT2D eigenvalue weighted by Gasteiger charge is -1.93. The lowest BCUT2D eigenvalue weighted by atomic mass is 10.2. The van der Waals surface area contributed by atoms with Crippen LogP contribution in [0.15, 0.2) is 22.9 Å². The molecule has 0 N–H and O–H groups in total. The van der Waals surface area contributed by atoms with Crippen molar-refractivity contribution < 1.29 is 8.81 Å². The minimum atomic E-state index is -0.470. The average molecular weight is 291 g/mol. The summed E-state index contributed by atoms with van der Waals surface area (Å²) in [5, 5.41) is 7.27. The number of halogens is 2. The summed E-state index contributed by atoms with van der Waals surface area (Å²) in [4.78, 5) is 3.61. The van der Waals surface area contributed by atoms with Gasteiger partial charge in [0.2, 0.25) is 0 Å². The Morgan fingerprint density at radius 3 is 2.85 bits per heavy atom. The molecule has 0 aliphatic heterocycles. The number of hydrogen-bond donors (Lipinski definition) is 0. The Bertz CT molecular complexity index is 431. The van der Waals surface area contributed by atoms with Gasteiger partial charge in [-0.05, 0) is 6.07 Å². The SMILES string of the molecule is Fc1cnccc1-c1nnc(I)o1. The van der Waals surface area contributed by atoms with E-state index in [4.69, 9.17) is 4.42 Å². The number of rotatable bonds is 1. The first kappa shape index (κ1) is 8.54. The van der Waals surface area contributed by atoms with Gasteiger partial charge in [0.15, 0.2) is 5.82 Å². The monoisotopic (exact) mass is 291 g/mol. The summed E-state index contributed by atoms with van der Waals surface area (Å²) in [6.07, 6.45) is 2.57. The van der Waals surface area contributed by atoms with E-state index >= 15 is 0 Å². The molecule has 0 atom stereocenters. The van der Waals surface area contributed by atoms with Crippen LogP contribution in [0, 0.1) is 9.71 Å². The van der Waals surface area contributed by atoms with E-state index in [2.05, 4.69) is 15.2 Å². The van der Waals surface area contributed by atoms with Gasteiger partial charge in [-0.1, -0.05) is 0 Å². The molecule has 0 unspecified atom stereocenters. The van der Waals surface area contributed by atoms with Crippen molar-refractivity contribution in [2.45, 2.75) is 0 Å². The Balaban J connectivity index is 2.52. The molecule has 0 aromatic carbocycles. The van der Waals surface area contributed by atoms with Crippen molar-refractivity contribution in [2.24, 2.45) is 0 Å². The van der Waals surface area contributed by atoms with Gasteiger partial charge in [0.05, 0.1) is 11.8 Å². The molecule has 0 saturated heterocycles. The first-order valence-corrected chi connectivity index (χ1v) is 4.44. The number of nitrogens with zero attached hydrogens (tertiary/aromatic N) is 3. The molecule has 0 amide bonds. The summed E-state index contributed by atoms with van der Waals surface area (Å²) >= 11 is 1.86. The van der Waals surface area contributed by atoms with E-state index in [0.717, 1.165) is 6.20 Å². The predicted octanol–water partition coefficient (Wildman–Crippen LogP) is 1.88. The standard InChI is InChI=1S/C7H3FIN3O/c8-5-3-10-2-1-4(5)6-11-12-7(9)13-6/h1-3H. The van der Waals surface area contributed by atoms with Gasteiger partial charge >= 0.3 is 0 Å². The highest BCUT2D eigenvalue weighted by atomic mass is 127. The lowest BCUT2D eigenvalue weighted by Crippen LogP contribution is -1.85. The first-order chi connectivity index (χ1) is 6.27. The van der Waals surface area contributed by atoms with Gasteiger partial charge in [-0.2, -0.15) is 0 Å². The molecule has 66 valence electrons. The smallest absolute Gasteiger partial charge is 0.278 e. The van der Waals surface area contributed by atoms with E-state index < -0.39 is 5.82 Å². The maximum atomic E-state index is 13.1. The van der Waals surface area contributed by atoms with Crippen molar-refractivity contribution in [3.8, 4) is 11.5 Å². The average Bonchev–Trinajstić information content (AvgIpc) is 2.53. The van der Waals surface area contributed by atoms with Crippen LogP contribution in [0.4, 0.5) is 4.39 Å². The summed E-state index contributed by atoms with van der Waals surface area (Å²) < 4.78 is 18.5. The fourth-order valence-electron chi connectivity index (χ4n) is 0.863. The third-order valence-corrected chi connectivity index (χ3v) is 1.84. The van der Waals surface area contributed by atoms with Crippen LogP contribution in [0.2, 0.25) is 0 Å². The number of hydrogen-bond acceptors (Lipinski definition) is 4.